The molecule has 2 rings (SSSR count). The van der Waals surface area contributed by atoms with Crippen LogP contribution < -0.4 is 15.4 Å². The fraction of sp³-hybridized carbons (Fsp3) is 0.409. The zero-order valence-corrected chi connectivity index (χ0v) is 19.7. The largest absolute Gasteiger partial charge is 0.497 e. The molecule has 28 heavy (non-hydrogen) atoms. The van der Waals surface area contributed by atoms with Crippen LogP contribution in [0.3, 0.4) is 0 Å². The van der Waals surface area contributed by atoms with E-state index in [-0.39, 0.29) is 24.0 Å². The highest BCUT2D eigenvalue weighted by Crippen LogP contribution is 2.13. The van der Waals surface area contributed by atoms with Crippen molar-refractivity contribution < 1.29 is 4.74 Å². The molecule has 0 aromatic heterocycles. The molecule has 0 unspecified atom stereocenters. The normalized spacial score (nSPS) is 11.1. The van der Waals surface area contributed by atoms with Crippen molar-refractivity contribution in [1.29, 1.82) is 0 Å². The highest BCUT2D eigenvalue weighted by atomic mass is 127. The summed E-state index contributed by atoms with van der Waals surface area (Å²) in [6.07, 6.45) is 0. The van der Waals surface area contributed by atoms with E-state index in [2.05, 4.69) is 64.7 Å². The molecule has 0 aliphatic carbocycles. The standard InChI is InChI=1S/C22H32N4O.HI/c1-5-26(6-2)17-20-12-8-7-11-19(20)16-25-22(23-3)24-15-18-10-9-13-21(14-18)27-4;/h7-14H,5-6,15-17H2,1-4H3,(H2,23,24,25);1H. The van der Waals surface area contributed by atoms with E-state index < -0.39 is 0 Å². The van der Waals surface area contributed by atoms with Crippen molar-refractivity contribution in [3.05, 3.63) is 65.2 Å². The molecule has 0 saturated heterocycles. The van der Waals surface area contributed by atoms with E-state index in [0.717, 1.165) is 43.5 Å². The van der Waals surface area contributed by atoms with Gasteiger partial charge < -0.3 is 15.4 Å². The average Bonchev–Trinajstić information content (AvgIpc) is 2.73. The van der Waals surface area contributed by atoms with Gasteiger partial charge in [0.15, 0.2) is 5.96 Å². The number of benzene rings is 2. The Morgan fingerprint density at radius 3 is 2.29 bits per heavy atom. The summed E-state index contributed by atoms with van der Waals surface area (Å²) in [7, 11) is 3.48. The minimum atomic E-state index is 0. The Morgan fingerprint density at radius 1 is 0.964 bits per heavy atom. The molecular weight excluding hydrogens is 463 g/mol. The number of halogens is 1. The van der Waals surface area contributed by atoms with E-state index >= 15 is 0 Å². The smallest absolute Gasteiger partial charge is 0.191 e. The Bertz CT molecular complexity index is 732. The first-order chi connectivity index (χ1) is 13.2. The van der Waals surface area contributed by atoms with Gasteiger partial charge in [-0.15, -0.1) is 24.0 Å². The minimum Gasteiger partial charge on any atom is -0.497 e. The van der Waals surface area contributed by atoms with Crippen LogP contribution in [0.2, 0.25) is 0 Å². The highest BCUT2D eigenvalue weighted by molar-refractivity contribution is 14.0. The lowest BCUT2D eigenvalue weighted by atomic mass is 10.1. The average molecular weight is 496 g/mol. The summed E-state index contributed by atoms with van der Waals surface area (Å²) in [4.78, 5) is 6.76. The van der Waals surface area contributed by atoms with E-state index in [1.807, 2.05) is 18.2 Å². The zero-order chi connectivity index (χ0) is 19.5. The Balaban J connectivity index is 0.00000392. The maximum atomic E-state index is 5.28. The van der Waals surface area contributed by atoms with Crippen LogP contribution in [0.4, 0.5) is 0 Å². The molecule has 0 bridgehead atoms. The van der Waals surface area contributed by atoms with Gasteiger partial charge in [0.05, 0.1) is 7.11 Å². The molecule has 0 radical (unpaired) electrons. The maximum Gasteiger partial charge on any atom is 0.191 e. The summed E-state index contributed by atoms with van der Waals surface area (Å²) in [6.45, 7) is 8.93. The zero-order valence-electron chi connectivity index (χ0n) is 17.4. The first-order valence-corrected chi connectivity index (χ1v) is 9.56. The SMILES string of the molecule is CCN(CC)Cc1ccccc1CNC(=NC)NCc1cccc(OC)c1.I. The van der Waals surface area contributed by atoms with E-state index in [0.29, 0.717) is 6.54 Å². The number of hydrogen-bond acceptors (Lipinski definition) is 3. The fourth-order valence-electron chi connectivity index (χ4n) is 2.94. The maximum absolute atomic E-state index is 5.28. The van der Waals surface area contributed by atoms with Gasteiger partial charge in [0.1, 0.15) is 5.75 Å². The summed E-state index contributed by atoms with van der Waals surface area (Å²) in [5.41, 5.74) is 3.81. The molecule has 0 aliphatic rings. The number of methoxy groups -OCH3 is 1. The van der Waals surface area contributed by atoms with E-state index in [9.17, 15) is 0 Å². The third kappa shape index (κ3) is 7.67. The van der Waals surface area contributed by atoms with Gasteiger partial charge in [0.2, 0.25) is 0 Å². The summed E-state index contributed by atoms with van der Waals surface area (Å²) in [5, 5.41) is 6.79. The molecule has 0 atom stereocenters. The van der Waals surface area contributed by atoms with Crippen molar-refractivity contribution in [2.75, 3.05) is 27.2 Å². The molecular formula is C22H33IN4O. The van der Waals surface area contributed by atoms with Crippen LogP contribution in [0.5, 0.6) is 5.75 Å². The summed E-state index contributed by atoms with van der Waals surface area (Å²) in [5.74, 6) is 1.65. The van der Waals surface area contributed by atoms with Crippen LogP contribution in [-0.4, -0.2) is 38.1 Å². The van der Waals surface area contributed by atoms with Gasteiger partial charge in [-0.25, -0.2) is 0 Å². The van der Waals surface area contributed by atoms with Crippen LogP contribution in [0.15, 0.2) is 53.5 Å². The molecule has 2 aromatic rings. The van der Waals surface area contributed by atoms with Crippen LogP contribution in [0, 0.1) is 0 Å². The lowest BCUT2D eigenvalue weighted by Gasteiger charge is -2.20. The Morgan fingerprint density at radius 2 is 1.64 bits per heavy atom. The van der Waals surface area contributed by atoms with Crippen LogP contribution in [-0.2, 0) is 19.6 Å². The molecule has 154 valence electrons. The van der Waals surface area contributed by atoms with Crippen molar-refractivity contribution in [2.45, 2.75) is 33.5 Å². The molecule has 6 heteroatoms. The van der Waals surface area contributed by atoms with Gasteiger partial charge in [-0.2, -0.15) is 0 Å². The van der Waals surface area contributed by atoms with Gasteiger partial charge >= 0.3 is 0 Å². The summed E-state index contributed by atoms with van der Waals surface area (Å²) in [6, 6.07) is 16.6. The number of aliphatic imine (C=N–C) groups is 1. The van der Waals surface area contributed by atoms with Gasteiger partial charge in [0.25, 0.3) is 0 Å². The van der Waals surface area contributed by atoms with Crippen LogP contribution >= 0.6 is 24.0 Å². The lowest BCUT2D eigenvalue weighted by molar-refractivity contribution is 0.295. The number of guanidine groups is 1. The van der Waals surface area contributed by atoms with Gasteiger partial charge in [-0.3, -0.25) is 9.89 Å². The first kappa shape index (κ1) is 24.2. The minimum absolute atomic E-state index is 0. The van der Waals surface area contributed by atoms with E-state index in [1.165, 1.54) is 11.1 Å². The monoisotopic (exact) mass is 496 g/mol. The second-order valence-corrected chi connectivity index (χ2v) is 6.36. The molecule has 2 aromatic carbocycles. The van der Waals surface area contributed by atoms with Crippen LogP contribution in [0.25, 0.3) is 0 Å². The van der Waals surface area contributed by atoms with E-state index in [1.54, 1.807) is 14.2 Å². The second kappa shape index (κ2) is 13.4. The first-order valence-electron chi connectivity index (χ1n) is 9.56. The number of hydrogen-bond donors (Lipinski definition) is 2. The van der Waals surface area contributed by atoms with Crippen molar-refractivity contribution in [1.82, 2.24) is 15.5 Å². The van der Waals surface area contributed by atoms with Gasteiger partial charge in [-0.1, -0.05) is 50.2 Å². The highest BCUT2D eigenvalue weighted by Gasteiger charge is 2.07. The Hall–Kier alpha value is -1.80. The quantitative estimate of drug-likeness (QED) is 0.313. The number of ether oxygens (including phenoxy) is 1. The predicted octanol–water partition coefficient (Wildman–Crippen LogP) is 4.02. The molecule has 0 aliphatic heterocycles. The van der Waals surface area contributed by atoms with E-state index in [4.69, 9.17) is 4.74 Å². The van der Waals surface area contributed by atoms with Gasteiger partial charge in [0, 0.05) is 26.7 Å². The number of nitrogens with one attached hydrogen (secondary N) is 2. The van der Waals surface area contributed by atoms with Crippen molar-refractivity contribution >= 4 is 29.9 Å². The molecule has 0 spiro atoms. The third-order valence-electron chi connectivity index (χ3n) is 4.67. The third-order valence-corrected chi connectivity index (χ3v) is 4.67. The topological polar surface area (TPSA) is 48.9 Å². The second-order valence-electron chi connectivity index (χ2n) is 6.36. The molecule has 0 saturated carbocycles. The Kier molecular flexibility index (Phi) is 11.6. The lowest BCUT2D eigenvalue weighted by Crippen LogP contribution is -2.36. The van der Waals surface area contributed by atoms with Crippen LogP contribution in [0.1, 0.15) is 30.5 Å². The molecule has 5 nitrogen and oxygen atoms in total. The van der Waals surface area contributed by atoms with Crippen molar-refractivity contribution in [3.8, 4) is 5.75 Å². The number of nitrogens with zero attached hydrogens (tertiary/aromatic N) is 2. The molecule has 0 fully saturated rings. The van der Waals surface area contributed by atoms with Crippen molar-refractivity contribution in [2.24, 2.45) is 4.99 Å². The molecule has 2 N–H and O–H groups in total. The van der Waals surface area contributed by atoms with Gasteiger partial charge in [-0.05, 0) is 41.9 Å². The molecule has 0 amide bonds. The summed E-state index contributed by atoms with van der Waals surface area (Å²) >= 11 is 0. The summed E-state index contributed by atoms with van der Waals surface area (Å²) < 4.78 is 5.28. The fourth-order valence-corrected chi connectivity index (χ4v) is 2.94. The number of rotatable bonds is 9. The molecule has 0 heterocycles. The predicted molar refractivity (Wildman–Crippen MR) is 129 cm³/mol. The van der Waals surface area contributed by atoms with Crippen molar-refractivity contribution in [3.63, 3.8) is 0 Å². The Labute approximate surface area is 186 Å².